The van der Waals surface area contributed by atoms with Gasteiger partial charge in [-0.25, -0.2) is 9.07 Å². The molecule has 1 aromatic heterocycles. The number of nitro groups is 1. The molecule has 1 heterocycles. The van der Waals surface area contributed by atoms with Crippen LogP contribution in [0.3, 0.4) is 0 Å². The van der Waals surface area contributed by atoms with Crippen LogP contribution in [-0.4, -0.2) is 14.7 Å². The number of rotatable bonds is 3. The van der Waals surface area contributed by atoms with E-state index in [1.807, 2.05) is 0 Å². The minimum absolute atomic E-state index is 0.0629. The fourth-order valence-electron chi connectivity index (χ4n) is 1.73. The van der Waals surface area contributed by atoms with Gasteiger partial charge in [-0.2, -0.15) is 18.3 Å². The van der Waals surface area contributed by atoms with E-state index in [-0.39, 0.29) is 17.9 Å². The van der Waals surface area contributed by atoms with Gasteiger partial charge in [0, 0.05) is 0 Å². The zero-order chi connectivity index (χ0) is 15.8. The lowest BCUT2D eigenvalue weighted by Gasteiger charge is -2.10. The lowest BCUT2D eigenvalue weighted by Crippen LogP contribution is -2.10. The first-order valence-electron chi connectivity index (χ1n) is 5.51. The molecule has 0 radical (unpaired) electrons. The van der Waals surface area contributed by atoms with Gasteiger partial charge in [-0.3, -0.25) is 10.1 Å². The normalized spacial score (nSPS) is 11.6. The maximum absolute atomic E-state index is 13.2. The Kier molecular flexibility index (Phi) is 3.54. The van der Waals surface area contributed by atoms with E-state index in [1.165, 1.54) is 0 Å². The molecule has 0 aliphatic rings. The Hall–Kier alpha value is -2.65. The zero-order valence-corrected chi connectivity index (χ0v) is 10.3. The Balaban J connectivity index is 2.36. The van der Waals surface area contributed by atoms with Crippen molar-refractivity contribution < 1.29 is 22.5 Å². The lowest BCUT2D eigenvalue weighted by molar-refractivity contribution is -0.384. The van der Waals surface area contributed by atoms with E-state index < -0.39 is 28.2 Å². The number of halogens is 4. The number of nitrogen functional groups attached to an aromatic ring is 1. The van der Waals surface area contributed by atoms with Crippen LogP contribution in [0.2, 0.25) is 0 Å². The van der Waals surface area contributed by atoms with Crippen molar-refractivity contribution in [3.8, 4) is 0 Å². The Morgan fingerprint density at radius 2 is 2.00 bits per heavy atom. The first kappa shape index (κ1) is 14.8. The van der Waals surface area contributed by atoms with E-state index >= 15 is 0 Å². The third-order valence-corrected chi connectivity index (χ3v) is 2.67. The Morgan fingerprint density at radius 1 is 1.33 bits per heavy atom. The number of nitrogens with two attached hydrogens (primary N) is 1. The molecular formula is C11H8F4N4O2. The minimum atomic E-state index is -4.70. The topological polar surface area (TPSA) is 87.0 Å². The summed E-state index contributed by atoms with van der Waals surface area (Å²) in [6.45, 7) is -0.319. The van der Waals surface area contributed by atoms with Gasteiger partial charge >= 0.3 is 11.9 Å². The quantitative estimate of drug-likeness (QED) is 0.536. The summed E-state index contributed by atoms with van der Waals surface area (Å²) in [5.74, 6) is -1.39. The van der Waals surface area contributed by atoms with Gasteiger partial charge in [0.25, 0.3) is 0 Å². The number of alkyl halides is 3. The summed E-state index contributed by atoms with van der Waals surface area (Å²) < 4.78 is 51.9. The van der Waals surface area contributed by atoms with E-state index in [2.05, 4.69) is 5.10 Å². The van der Waals surface area contributed by atoms with Crippen molar-refractivity contribution in [3.05, 3.63) is 51.5 Å². The van der Waals surface area contributed by atoms with E-state index in [1.54, 1.807) is 0 Å². The molecule has 0 unspecified atom stereocenters. The highest BCUT2D eigenvalue weighted by Crippen LogP contribution is 2.31. The largest absolute Gasteiger partial charge is 0.416 e. The summed E-state index contributed by atoms with van der Waals surface area (Å²) in [6, 6.07) is 1.97. The second kappa shape index (κ2) is 5.04. The molecular weight excluding hydrogens is 296 g/mol. The van der Waals surface area contributed by atoms with Crippen LogP contribution in [0.5, 0.6) is 0 Å². The molecule has 0 spiro atoms. The SMILES string of the molecule is Nc1c([N+](=O)[O-])cnn1Cc1cc(F)cc(C(F)(F)F)c1. The Bertz CT molecular complexity index is 696. The molecule has 0 bridgehead atoms. The van der Waals surface area contributed by atoms with Crippen molar-refractivity contribution in [3.63, 3.8) is 0 Å². The minimum Gasteiger partial charge on any atom is -0.378 e. The van der Waals surface area contributed by atoms with Crippen molar-refractivity contribution in [1.82, 2.24) is 9.78 Å². The van der Waals surface area contributed by atoms with Gasteiger partial charge in [-0.1, -0.05) is 0 Å². The van der Waals surface area contributed by atoms with Crippen LogP contribution >= 0.6 is 0 Å². The predicted molar refractivity (Wildman–Crippen MR) is 63.8 cm³/mol. The van der Waals surface area contributed by atoms with Crippen LogP contribution in [0.1, 0.15) is 11.1 Å². The van der Waals surface area contributed by atoms with Gasteiger partial charge in [-0.05, 0) is 23.8 Å². The van der Waals surface area contributed by atoms with E-state index in [0.717, 1.165) is 23.0 Å². The van der Waals surface area contributed by atoms with Gasteiger partial charge < -0.3 is 5.73 Å². The molecule has 0 saturated heterocycles. The standard InChI is InChI=1S/C11H8F4N4O2/c12-8-2-6(1-7(3-8)11(13,14)15)5-18-10(16)9(4-17-18)19(20)21/h1-4H,5,16H2. The van der Waals surface area contributed by atoms with Crippen molar-refractivity contribution in [1.29, 1.82) is 0 Å². The van der Waals surface area contributed by atoms with Crippen molar-refractivity contribution in [2.24, 2.45) is 0 Å². The average Bonchev–Trinajstić information content (AvgIpc) is 2.69. The second-order valence-electron chi connectivity index (χ2n) is 4.18. The van der Waals surface area contributed by atoms with Crippen LogP contribution in [-0.2, 0) is 12.7 Å². The maximum atomic E-state index is 13.2. The van der Waals surface area contributed by atoms with Crippen LogP contribution in [0.25, 0.3) is 0 Å². The molecule has 112 valence electrons. The number of hydrogen-bond acceptors (Lipinski definition) is 4. The average molecular weight is 304 g/mol. The summed E-state index contributed by atoms with van der Waals surface area (Å²) in [4.78, 5) is 9.82. The molecule has 0 saturated carbocycles. The lowest BCUT2D eigenvalue weighted by atomic mass is 10.1. The molecule has 0 atom stereocenters. The summed E-state index contributed by atoms with van der Waals surface area (Å²) in [7, 11) is 0. The van der Waals surface area contributed by atoms with Crippen molar-refractivity contribution in [2.75, 3.05) is 5.73 Å². The molecule has 1 aromatic carbocycles. The fraction of sp³-hybridized carbons (Fsp3) is 0.182. The maximum Gasteiger partial charge on any atom is 0.416 e. The second-order valence-corrected chi connectivity index (χ2v) is 4.18. The molecule has 2 aromatic rings. The molecule has 2 N–H and O–H groups in total. The van der Waals surface area contributed by atoms with Crippen LogP contribution in [0.4, 0.5) is 29.1 Å². The fourth-order valence-corrected chi connectivity index (χ4v) is 1.73. The highest BCUT2D eigenvalue weighted by Gasteiger charge is 2.31. The molecule has 2 rings (SSSR count). The third-order valence-electron chi connectivity index (χ3n) is 2.67. The Labute approximate surface area is 114 Å². The molecule has 0 fully saturated rings. The van der Waals surface area contributed by atoms with Gasteiger partial charge in [0.2, 0.25) is 5.82 Å². The third kappa shape index (κ3) is 3.09. The molecule has 10 heteroatoms. The number of nitrogens with zero attached hydrogens (tertiary/aromatic N) is 3. The van der Waals surface area contributed by atoms with Crippen LogP contribution in [0.15, 0.2) is 24.4 Å². The molecule has 6 nitrogen and oxygen atoms in total. The van der Waals surface area contributed by atoms with E-state index in [4.69, 9.17) is 5.73 Å². The molecule has 21 heavy (non-hydrogen) atoms. The van der Waals surface area contributed by atoms with Gasteiger partial charge in [0.1, 0.15) is 12.0 Å². The summed E-state index contributed by atoms with van der Waals surface area (Å²) in [5.41, 5.74) is 3.77. The molecule has 0 aliphatic carbocycles. The molecule has 0 amide bonds. The molecule has 0 aliphatic heterocycles. The number of hydrogen-bond donors (Lipinski definition) is 1. The highest BCUT2D eigenvalue weighted by molar-refractivity contribution is 5.51. The Morgan fingerprint density at radius 3 is 2.52 bits per heavy atom. The number of benzene rings is 1. The first-order chi connectivity index (χ1) is 9.68. The van der Waals surface area contributed by atoms with Crippen molar-refractivity contribution >= 4 is 11.5 Å². The zero-order valence-electron chi connectivity index (χ0n) is 10.3. The summed E-state index contributed by atoms with van der Waals surface area (Å²) in [5, 5.41) is 14.2. The monoisotopic (exact) mass is 304 g/mol. The smallest absolute Gasteiger partial charge is 0.378 e. The van der Waals surface area contributed by atoms with Gasteiger partial charge in [0.05, 0.1) is 17.0 Å². The number of anilines is 1. The van der Waals surface area contributed by atoms with Crippen LogP contribution < -0.4 is 5.73 Å². The van der Waals surface area contributed by atoms with Crippen LogP contribution in [0, 0.1) is 15.9 Å². The number of aromatic nitrogens is 2. The summed E-state index contributed by atoms with van der Waals surface area (Å²) >= 11 is 0. The summed E-state index contributed by atoms with van der Waals surface area (Å²) in [6.07, 6.45) is -3.82. The highest BCUT2D eigenvalue weighted by atomic mass is 19.4. The van der Waals surface area contributed by atoms with Crippen molar-refractivity contribution in [2.45, 2.75) is 12.7 Å². The van der Waals surface area contributed by atoms with Gasteiger partial charge in [-0.15, -0.1) is 0 Å². The first-order valence-corrected chi connectivity index (χ1v) is 5.51. The van der Waals surface area contributed by atoms with E-state index in [0.29, 0.717) is 6.07 Å². The van der Waals surface area contributed by atoms with E-state index in [9.17, 15) is 27.7 Å². The predicted octanol–water partition coefficient (Wildman–Crippen LogP) is 2.58. The van der Waals surface area contributed by atoms with Gasteiger partial charge in [0.15, 0.2) is 0 Å².